The Morgan fingerprint density at radius 2 is 1.40 bits per heavy atom. The molecule has 0 saturated heterocycles. The summed E-state index contributed by atoms with van der Waals surface area (Å²) in [6.45, 7) is 13.2. The zero-order chi connectivity index (χ0) is 18.5. The van der Waals surface area contributed by atoms with Crippen molar-refractivity contribution < 1.29 is 9.59 Å². The summed E-state index contributed by atoms with van der Waals surface area (Å²) in [6.07, 6.45) is 3.78. The van der Waals surface area contributed by atoms with Gasteiger partial charge < -0.3 is 0 Å². The first-order valence-electron chi connectivity index (χ1n) is 9.44. The fourth-order valence-corrected chi connectivity index (χ4v) is 4.49. The second-order valence-corrected chi connectivity index (χ2v) is 8.38. The first kappa shape index (κ1) is 17.9. The topological polar surface area (TPSA) is 37.4 Å². The number of amides is 2. The van der Waals surface area contributed by atoms with E-state index in [1.165, 1.54) is 39.3 Å². The maximum atomic E-state index is 12.5. The summed E-state index contributed by atoms with van der Waals surface area (Å²) in [6, 6.07) is 4.33. The fourth-order valence-electron chi connectivity index (χ4n) is 4.49. The van der Waals surface area contributed by atoms with Gasteiger partial charge in [-0.1, -0.05) is 53.7 Å². The summed E-state index contributed by atoms with van der Waals surface area (Å²) in [7, 11) is 0. The summed E-state index contributed by atoms with van der Waals surface area (Å²) < 4.78 is 0. The van der Waals surface area contributed by atoms with Crippen molar-refractivity contribution in [1.82, 2.24) is 4.90 Å². The SMILES string of the molecule is CC(C)c1ccc(C(C)C)c2c1C[C@@H](C(C)C)[C@@H]2N1C(=O)C=CC1=O. The summed E-state index contributed by atoms with van der Waals surface area (Å²) in [5.74, 6) is 1.14. The van der Waals surface area contributed by atoms with E-state index in [9.17, 15) is 9.59 Å². The van der Waals surface area contributed by atoms with Gasteiger partial charge in [0.2, 0.25) is 0 Å². The van der Waals surface area contributed by atoms with E-state index in [0.29, 0.717) is 17.8 Å². The summed E-state index contributed by atoms with van der Waals surface area (Å²) in [5, 5.41) is 0. The molecule has 0 saturated carbocycles. The molecule has 0 unspecified atom stereocenters. The Labute approximate surface area is 151 Å². The highest BCUT2D eigenvalue weighted by Crippen LogP contribution is 2.49. The molecule has 1 heterocycles. The van der Waals surface area contributed by atoms with Crippen LogP contribution in [0.4, 0.5) is 0 Å². The molecule has 134 valence electrons. The molecule has 3 nitrogen and oxygen atoms in total. The van der Waals surface area contributed by atoms with Crippen LogP contribution in [-0.4, -0.2) is 16.7 Å². The molecular formula is C22H29NO2. The zero-order valence-corrected chi connectivity index (χ0v) is 16.2. The van der Waals surface area contributed by atoms with E-state index in [-0.39, 0.29) is 23.8 Å². The van der Waals surface area contributed by atoms with Crippen molar-refractivity contribution >= 4 is 11.8 Å². The third-order valence-electron chi connectivity index (χ3n) is 5.79. The van der Waals surface area contributed by atoms with E-state index in [4.69, 9.17) is 0 Å². The van der Waals surface area contributed by atoms with E-state index in [2.05, 4.69) is 53.7 Å². The van der Waals surface area contributed by atoms with Gasteiger partial charge in [-0.3, -0.25) is 14.5 Å². The number of hydrogen-bond donors (Lipinski definition) is 0. The van der Waals surface area contributed by atoms with Gasteiger partial charge in [0.25, 0.3) is 11.8 Å². The van der Waals surface area contributed by atoms with Crippen molar-refractivity contribution in [3.05, 3.63) is 46.5 Å². The monoisotopic (exact) mass is 339 g/mol. The number of carbonyl (C=O) groups excluding carboxylic acids is 2. The van der Waals surface area contributed by atoms with Crippen LogP contribution in [-0.2, 0) is 16.0 Å². The highest BCUT2D eigenvalue weighted by molar-refractivity contribution is 6.13. The molecule has 0 fully saturated rings. The van der Waals surface area contributed by atoms with E-state index in [0.717, 1.165) is 6.42 Å². The molecule has 0 radical (unpaired) electrons. The number of nitrogens with zero attached hydrogens (tertiary/aromatic N) is 1. The van der Waals surface area contributed by atoms with E-state index in [1.54, 1.807) is 0 Å². The minimum atomic E-state index is -0.168. The molecule has 0 spiro atoms. The van der Waals surface area contributed by atoms with Crippen LogP contribution < -0.4 is 0 Å². The molecule has 2 aliphatic rings. The smallest absolute Gasteiger partial charge is 0.254 e. The maximum absolute atomic E-state index is 12.5. The molecule has 2 atom stereocenters. The molecule has 3 rings (SSSR count). The third-order valence-corrected chi connectivity index (χ3v) is 5.79. The lowest BCUT2D eigenvalue weighted by molar-refractivity contribution is -0.141. The van der Waals surface area contributed by atoms with Crippen LogP contribution in [0, 0.1) is 11.8 Å². The Kier molecular flexibility index (Phi) is 4.61. The minimum absolute atomic E-state index is 0.138. The molecule has 0 aromatic heterocycles. The van der Waals surface area contributed by atoms with Gasteiger partial charge in [0.05, 0.1) is 6.04 Å². The van der Waals surface area contributed by atoms with Gasteiger partial charge in [0, 0.05) is 12.2 Å². The number of hydrogen-bond acceptors (Lipinski definition) is 2. The molecule has 1 aromatic rings. The summed E-state index contributed by atoms with van der Waals surface area (Å²) in [4.78, 5) is 26.4. The average molecular weight is 339 g/mol. The number of carbonyl (C=O) groups is 2. The highest BCUT2D eigenvalue weighted by Gasteiger charge is 2.45. The lowest BCUT2D eigenvalue weighted by Gasteiger charge is -2.32. The maximum Gasteiger partial charge on any atom is 0.254 e. The van der Waals surface area contributed by atoms with Crippen LogP contribution in [0.3, 0.4) is 0 Å². The quantitative estimate of drug-likeness (QED) is 0.744. The van der Waals surface area contributed by atoms with Crippen molar-refractivity contribution in [2.45, 2.75) is 65.8 Å². The summed E-state index contributed by atoms with van der Waals surface area (Å²) >= 11 is 0. The number of imide groups is 1. The summed E-state index contributed by atoms with van der Waals surface area (Å²) in [5.41, 5.74) is 5.25. The van der Waals surface area contributed by atoms with Crippen molar-refractivity contribution in [3.8, 4) is 0 Å². The average Bonchev–Trinajstić information content (AvgIpc) is 3.06. The van der Waals surface area contributed by atoms with Crippen molar-refractivity contribution in [2.75, 3.05) is 0 Å². The predicted molar refractivity (Wildman–Crippen MR) is 100 cm³/mol. The molecule has 1 aliphatic carbocycles. The molecule has 0 N–H and O–H groups in total. The van der Waals surface area contributed by atoms with E-state index >= 15 is 0 Å². The number of fused-ring (bicyclic) bond motifs is 1. The number of rotatable bonds is 4. The van der Waals surface area contributed by atoms with Crippen LogP contribution in [0.2, 0.25) is 0 Å². The molecular weight excluding hydrogens is 310 g/mol. The van der Waals surface area contributed by atoms with Gasteiger partial charge in [-0.25, -0.2) is 0 Å². The number of benzene rings is 1. The second-order valence-electron chi connectivity index (χ2n) is 8.38. The van der Waals surface area contributed by atoms with Gasteiger partial charge in [-0.2, -0.15) is 0 Å². The van der Waals surface area contributed by atoms with Crippen LogP contribution in [0.25, 0.3) is 0 Å². The Balaban J connectivity index is 2.23. The standard InChI is InChI=1S/C22H29NO2/c1-12(2)15-7-8-16(13(3)4)21-18(15)11-17(14(5)6)22(21)23-19(24)9-10-20(23)25/h7-10,12-14,17,22H,11H2,1-6H3/t17-,22-/m0/s1. The third kappa shape index (κ3) is 2.84. The van der Waals surface area contributed by atoms with Gasteiger partial charge in [-0.15, -0.1) is 0 Å². The second kappa shape index (κ2) is 6.44. The molecule has 25 heavy (non-hydrogen) atoms. The normalized spacial score (nSPS) is 22.8. The van der Waals surface area contributed by atoms with Gasteiger partial charge >= 0.3 is 0 Å². The fraction of sp³-hybridized carbons (Fsp3) is 0.545. The lowest BCUT2D eigenvalue weighted by Crippen LogP contribution is -2.38. The Bertz CT molecular complexity index is 725. The zero-order valence-electron chi connectivity index (χ0n) is 16.2. The Hall–Kier alpha value is -1.90. The molecule has 3 heteroatoms. The van der Waals surface area contributed by atoms with E-state index < -0.39 is 0 Å². The van der Waals surface area contributed by atoms with E-state index in [1.807, 2.05) is 0 Å². The van der Waals surface area contributed by atoms with Crippen LogP contribution in [0.1, 0.15) is 81.7 Å². The Morgan fingerprint density at radius 1 is 0.880 bits per heavy atom. The predicted octanol–water partition coefficient (Wildman–Crippen LogP) is 4.73. The molecule has 1 aromatic carbocycles. The largest absolute Gasteiger partial charge is 0.269 e. The van der Waals surface area contributed by atoms with Crippen molar-refractivity contribution in [2.24, 2.45) is 11.8 Å². The van der Waals surface area contributed by atoms with Gasteiger partial charge in [0.15, 0.2) is 0 Å². The molecule has 0 bridgehead atoms. The van der Waals surface area contributed by atoms with Crippen LogP contribution in [0.5, 0.6) is 0 Å². The van der Waals surface area contributed by atoms with Gasteiger partial charge in [0.1, 0.15) is 0 Å². The molecule has 2 amide bonds. The van der Waals surface area contributed by atoms with Crippen molar-refractivity contribution in [1.29, 1.82) is 0 Å². The molecule has 1 aliphatic heterocycles. The lowest BCUT2D eigenvalue weighted by atomic mass is 9.85. The van der Waals surface area contributed by atoms with Crippen molar-refractivity contribution in [3.63, 3.8) is 0 Å². The van der Waals surface area contributed by atoms with Gasteiger partial charge in [-0.05, 0) is 52.3 Å². The van der Waals surface area contributed by atoms with Crippen LogP contribution in [0.15, 0.2) is 24.3 Å². The minimum Gasteiger partial charge on any atom is -0.269 e. The Morgan fingerprint density at radius 3 is 1.88 bits per heavy atom. The highest BCUT2D eigenvalue weighted by atomic mass is 16.2. The van der Waals surface area contributed by atoms with Crippen LogP contribution >= 0.6 is 0 Å². The first-order valence-corrected chi connectivity index (χ1v) is 9.44. The first-order chi connectivity index (χ1) is 11.7.